The zero-order valence-electron chi connectivity index (χ0n) is 33.4. The van der Waals surface area contributed by atoms with Crippen molar-refractivity contribution in [1.82, 2.24) is 30.7 Å². The SMILES string of the molecule is CC1CC2C(=O)OCC(NC(=O)C(Cc3ccccc3)NC(=O)Nc3ccc4c(c3)CCN4C)C(=O)N3CCCC3C(=O)N3CCCCC3C(=O)NC(C)C(=O)N2C1. The predicted octanol–water partition coefficient (Wildman–Crippen LogP) is 1.57. The number of nitrogens with one attached hydrogen (secondary N) is 4. The molecule has 0 aromatic heterocycles. The van der Waals surface area contributed by atoms with E-state index in [1.807, 2.05) is 56.4 Å². The highest BCUT2D eigenvalue weighted by Crippen LogP contribution is 2.30. The third-order valence-electron chi connectivity index (χ3n) is 12.1. The van der Waals surface area contributed by atoms with Gasteiger partial charge in [0.15, 0.2) is 0 Å². The molecule has 0 saturated carbocycles. The van der Waals surface area contributed by atoms with E-state index in [1.54, 1.807) is 13.0 Å². The Bertz CT molecular complexity index is 1930. The van der Waals surface area contributed by atoms with E-state index in [1.165, 1.54) is 14.7 Å². The van der Waals surface area contributed by atoms with E-state index < -0.39 is 78.5 Å². The molecule has 16 nitrogen and oxygen atoms in total. The number of urea groups is 1. The van der Waals surface area contributed by atoms with Crippen molar-refractivity contribution in [2.24, 2.45) is 5.92 Å². The molecule has 4 fully saturated rings. The molecule has 4 saturated heterocycles. The Morgan fingerprint density at radius 1 is 0.845 bits per heavy atom. The molecule has 7 unspecified atom stereocenters. The summed E-state index contributed by atoms with van der Waals surface area (Å²) in [5.74, 6) is -3.42. The molecule has 0 radical (unpaired) electrons. The second-order valence-corrected chi connectivity index (χ2v) is 16.4. The van der Waals surface area contributed by atoms with Crippen LogP contribution in [0.3, 0.4) is 0 Å². The molecule has 16 heteroatoms. The van der Waals surface area contributed by atoms with Crippen molar-refractivity contribution in [3.8, 4) is 0 Å². The van der Waals surface area contributed by atoms with Crippen molar-refractivity contribution in [2.45, 2.75) is 101 Å². The number of ether oxygens (including phenoxy) is 1. The Morgan fingerprint density at radius 2 is 1.59 bits per heavy atom. The predicted molar refractivity (Wildman–Crippen MR) is 213 cm³/mol. The second kappa shape index (κ2) is 17.4. The van der Waals surface area contributed by atoms with E-state index in [0.29, 0.717) is 50.8 Å². The third-order valence-corrected chi connectivity index (χ3v) is 12.1. The first-order chi connectivity index (χ1) is 27.9. The van der Waals surface area contributed by atoms with Gasteiger partial charge in [0.25, 0.3) is 0 Å². The number of nitrogens with zero attached hydrogens (tertiary/aromatic N) is 4. The van der Waals surface area contributed by atoms with Gasteiger partial charge < -0.3 is 45.6 Å². The number of benzene rings is 2. The van der Waals surface area contributed by atoms with Crippen LogP contribution in [0.5, 0.6) is 0 Å². The van der Waals surface area contributed by atoms with Crippen LogP contribution < -0.4 is 26.2 Å². The standard InChI is InChI=1S/C42H54N8O8/c1-25-20-35-41(56)58-24-31(39(54)49-18-9-13-34(49)40(55)48-17-8-7-12-33(48)37(52)43-26(2)38(53)50(35)23-25)45-36(51)30(21-27-10-5-4-6-11-27)46-42(57)44-29-14-15-32-28(22-29)16-19-47(32)3/h4-6,10-11,14-15,22,25-26,30-31,33-35H,7-9,12-13,16-21,23-24H2,1-3H3,(H,43,52)(H,45,51)(H2,44,46,57). The Balaban J connectivity index is 1.16. The smallest absolute Gasteiger partial charge is 0.328 e. The van der Waals surface area contributed by atoms with E-state index in [-0.39, 0.29) is 31.3 Å². The van der Waals surface area contributed by atoms with Crippen LogP contribution in [0.1, 0.15) is 63.5 Å². The molecule has 2 aromatic carbocycles. The summed E-state index contributed by atoms with van der Waals surface area (Å²) in [7, 11) is 2.01. The highest BCUT2D eigenvalue weighted by Gasteiger charge is 2.46. The quantitative estimate of drug-likeness (QED) is 0.315. The van der Waals surface area contributed by atoms with Gasteiger partial charge in [-0.2, -0.15) is 0 Å². The monoisotopic (exact) mass is 798 g/mol. The summed E-state index contributed by atoms with van der Waals surface area (Å²) >= 11 is 0. The van der Waals surface area contributed by atoms with Gasteiger partial charge in [0.05, 0.1) is 0 Å². The second-order valence-electron chi connectivity index (χ2n) is 16.4. The van der Waals surface area contributed by atoms with Crippen LogP contribution in [0, 0.1) is 5.92 Å². The van der Waals surface area contributed by atoms with E-state index in [9.17, 15) is 33.6 Å². The highest BCUT2D eigenvalue weighted by atomic mass is 16.5. The number of carbonyl (C=O) groups excluding carboxylic acids is 7. The van der Waals surface area contributed by atoms with Gasteiger partial charge in [0.2, 0.25) is 29.5 Å². The number of carbonyl (C=O) groups is 7. The van der Waals surface area contributed by atoms with Gasteiger partial charge >= 0.3 is 12.0 Å². The molecule has 4 N–H and O–H groups in total. The van der Waals surface area contributed by atoms with Crippen LogP contribution in [0.4, 0.5) is 16.2 Å². The lowest BCUT2D eigenvalue weighted by molar-refractivity contribution is -0.158. The van der Waals surface area contributed by atoms with E-state index in [4.69, 9.17) is 4.74 Å². The van der Waals surface area contributed by atoms with E-state index in [0.717, 1.165) is 29.8 Å². The molecule has 7 atom stereocenters. The molecule has 2 aromatic rings. The molecule has 5 aliphatic heterocycles. The molecule has 58 heavy (non-hydrogen) atoms. The van der Waals surface area contributed by atoms with Crippen molar-refractivity contribution in [3.05, 3.63) is 59.7 Å². The first-order valence-electron chi connectivity index (χ1n) is 20.5. The van der Waals surface area contributed by atoms with Crippen molar-refractivity contribution in [3.63, 3.8) is 0 Å². The number of amides is 7. The summed E-state index contributed by atoms with van der Waals surface area (Å²) in [6.45, 7) is 4.57. The minimum atomic E-state index is -1.43. The molecule has 0 aliphatic carbocycles. The molecular formula is C42H54N8O8. The molecule has 7 amide bonds. The molecule has 310 valence electrons. The van der Waals surface area contributed by atoms with Crippen molar-refractivity contribution in [2.75, 3.05) is 50.1 Å². The van der Waals surface area contributed by atoms with Crippen molar-refractivity contribution < 1.29 is 38.3 Å². The summed E-state index contributed by atoms with van der Waals surface area (Å²) in [5.41, 5.74) is 3.50. The molecule has 0 bridgehead atoms. The largest absolute Gasteiger partial charge is 0.461 e. The molecule has 5 heterocycles. The molecule has 7 rings (SSSR count). The fourth-order valence-electron chi connectivity index (χ4n) is 9.02. The fourth-order valence-corrected chi connectivity index (χ4v) is 9.02. The maximum atomic E-state index is 14.6. The highest BCUT2D eigenvalue weighted by molar-refractivity contribution is 5.98. The summed E-state index contributed by atoms with van der Waals surface area (Å²) in [5, 5.41) is 11.2. The van der Waals surface area contributed by atoms with Gasteiger partial charge in [-0.1, -0.05) is 37.3 Å². The van der Waals surface area contributed by atoms with Crippen LogP contribution in [0.25, 0.3) is 0 Å². The van der Waals surface area contributed by atoms with Crippen LogP contribution >= 0.6 is 0 Å². The summed E-state index contributed by atoms with van der Waals surface area (Å²) in [6, 6.07) is 7.85. The first kappa shape index (κ1) is 40.5. The lowest BCUT2D eigenvalue weighted by atomic mass is 9.99. The topological polar surface area (TPSA) is 190 Å². The maximum Gasteiger partial charge on any atom is 0.328 e. The Labute approximate surface area is 338 Å². The number of rotatable bonds is 6. The Hall–Kier alpha value is -5.67. The summed E-state index contributed by atoms with van der Waals surface area (Å²) in [4.78, 5) is 104. The third kappa shape index (κ3) is 8.75. The lowest BCUT2D eigenvalue weighted by Crippen LogP contribution is -2.62. The number of hydrogen-bond acceptors (Lipinski definition) is 9. The fraction of sp³-hybridized carbons (Fsp3) is 0.548. The van der Waals surface area contributed by atoms with Crippen molar-refractivity contribution in [1.29, 1.82) is 0 Å². The van der Waals surface area contributed by atoms with Gasteiger partial charge in [-0.05, 0) is 87.1 Å². The van der Waals surface area contributed by atoms with Gasteiger partial charge in [-0.3, -0.25) is 24.0 Å². The molecule has 0 spiro atoms. The van der Waals surface area contributed by atoms with Crippen LogP contribution in [0.2, 0.25) is 0 Å². The minimum Gasteiger partial charge on any atom is -0.461 e. The van der Waals surface area contributed by atoms with E-state index in [2.05, 4.69) is 26.2 Å². The molecular weight excluding hydrogens is 745 g/mol. The first-order valence-corrected chi connectivity index (χ1v) is 20.5. The number of anilines is 2. The lowest BCUT2D eigenvalue weighted by Gasteiger charge is -2.39. The Kier molecular flexibility index (Phi) is 12.2. The zero-order chi connectivity index (χ0) is 41.1. The number of likely N-dealkylation sites (N-methyl/N-ethyl adjacent to an activating group) is 1. The number of hydrogen-bond donors (Lipinski definition) is 4. The van der Waals surface area contributed by atoms with Crippen LogP contribution in [-0.4, -0.2) is 132 Å². The van der Waals surface area contributed by atoms with Crippen molar-refractivity contribution >= 4 is 52.9 Å². The average molecular weight is 799 g/mol. The van der Waals surface area contributed by atoms with Gasteiger partial charge in [-0.25, -0.2) is 9.59 Å². The number of fused-ring (bicyclic) bond motifs is 4. The summed E-state index contributed by atoms with van der Waals surface area (Å²) in [6.07, 6.45) is 3.88. The molecule has 5 aliphatic rings. The van der Waals surface area contributed by atoms with Gasteiger partial charge in [-0.15, -0.1) is 0 Å². The average Bonchev–Trinajstić information content (AvgIpc) is 3.96. The number of esters is 1. The van der Waals surface area contributed by atoms with E-state index >= 15 is 0 Å². The van der Waals surface area contributed by atoms with Crippen LogP contribution in [-0.2, 0) is 46.3 Å². The minimum absolute atomic E-state index is 0.0467. The Morgan fingerprint density at radius 3 is 2.38 bits per heavy atom. The maximum absolute atomic E-state index is 14.6. The number of cyclic esters (lactones) is 1. The van der Waals surface area contributed by atoms with Gasteiger partial charge in [0.1, 0.15) is 42.9 Å². The normalized spacial score (nSPS) is 27.2. The van der Waals surface area contributed by atoms with Crippen LogP contribution in [0.15, 0.2) is 48.5 Å². The zero-order valence-corrected chi connectivity index (χ0v) is 33.4. The van der Waals surface area contributed by atoms with Gasteiger partial charge in [0, 0.05) is 51.0 Å². The number of piperidine rings is 1. The summed E-state index contributed by atoms with van der Waals surface area (Å²) < 4.78 is 5.78.